The highest BCUT2D eigenvalue weighted by Gasteiger charge is 2.07. The van der Waals surface area contributed by atoms with Gasteiger partial charge in [-0.05, 0) is 24.1 Å². The van der Waals surface area contributed by atoms with Gasteiger partial charge in [-0.25, -0.2) is 0 Å². The summed E-state index contributed by atoms with van der Waals surface area (Å²) in [5.41, 5.74) is 1.64. The third kappa shape index (κ3) is 3.13. The molecule has 0 radical (unpaired) electrons. The van der Waals surface area contributed by atoms with Crippen molar-refractivity contribution >= 4 is 5.78 Å². The van der Waals surface area contributed by atoms with Gasteiger partial charge >= 0.3 is 0 Å². The number of hydrogen-bond donors (Lipinski definition) is 0. The minimum Gasteiger partial charge on any atom is -0.495 e. The van der Waals surface area contributed by atoms with Gasteiger partial charge in [0.05, 0.1) is 13.3 Å². The van der Waals surface area contributed by atoms with Crippen LogP contribution >= 0.6 is 0 Å². The van der Waals surface area contributed by atoms with E-state index in [0.717, 1.165) is 5.56 Å². The van der Waals surface area contributed by atoms with E-state index in [2.05, 4.69) is 9.97 Å². The number of carbonyl (C=O) groups is 1. The number of nitrogens with zero attached hydrogens (tertiary/aromatic N) is 2. The second-order valence-corrected chi connectivity index (χ2v) is 3.90. The number of ketones is 1. The third-order valence-corrected chi connectivity index (χ3v) is 2.63. The molecule has 0 saturated carbocycles. The molecule has 4 nitrogen and oxygen atoms in total. The molecule has 2 aromatic heterocycles. The van der Waals surface area contributed by atoms with Crippen molar-refractivity contribution in [3.63, 3.8) is 0 Å². The first kappa shape index (κ1) is 12.2. The Bertz CT molecular complexity index is 526. The molecule has 0 aliphatic rings. The van der Waals surface area contributed by atoms with Crippen LogP contribution in [0.25, 0.3) is 0 Å². The summed E-state index contributed by atoms with van der Waals surface area (Å²) in [4.78, 5) is 20.0. The Labute approximate surface area is 106 Å². The molecule has 2 heterocycles. The molecule has 0 N–H and O–H groups in total. The molecular weight excluding hydrogens is 228 g/mol. The SMILES string of the molecule is COc1cncc(C(=O)CCc2cccnc2)c1. The van der Waals surface area contributed by atoms with Crippen LogP contribution in [0.1, 0.15) is 22.3 Å². The first-order valence-electron chi connectivity index (χ1n) is 5.71. The van der Waals surface area contributed by atoms with Gasteiger partial charge in [0.25, 0.3) is 0 Å². The van der Waals surface area contributed by atoms with Crippen molar-refractivity contribution in [2.45, 2.75) is 12.8 Å². The van der Waals surface area contributed by atoms with E-state index in [4.69, 9.17) is 4.74 Å². The van der Waals surface area contributed by atoms with Gasteiger partial charge in [-0.15, -0.1) is 0 Å². The fourth-order valence-corrected chi connectivity index (χ4v) is 1.63. The van der Waals surface area contributed by atoms with Gasteiger partial charge in [-0.2, -0.15) is 0 Å². The number of hydrogen-bond acceptors (Lipinski definition) is 4. The number of aryl methyl sites for hydroxylation is 1. The zero-order chi connectivity index (χ0) is 12.8. The molecular formula is C14H14N2O2. The van der Waals surface area contributed by atoms with Crippen molar-refractivity contribution in [1.82, 2.24) is 9.97 Å². The van der Waals surface area contributed by atoms with Gasteiger partial charge < -0.3 is 4.74 Å². The van der Waals surface area contributed by atoms with Crippen molar-refractivity contribution < 1.29 is 9.53 Å². The van der Waals surface area contributed by atoms with Crippen LogP contribution in [0.4, 0.5) is 0 Å². The lowest BCUT2D eigenvalue weighted by Crippen LogP contribution is -2.02. The van der Waals surface area contributed by atoms with E-state index in [1.807, 2.05) is 12.1 Å². The lowest BCUT2D eigenvalue weighted by atomic mass is 10.1. The monoisotopic (exact) mass is 242 g/mol. The Morgan fingerprint density at radius 2 is 2.17 bits per heavy atom. The zero-order valence-corrected chi connectivity index (χ0v) is 10.2. The maximum Gasteiger partial charge on any atom is 0.164 e. The number of ether oxygens (including phenoxy) is 1. The second kappa shape index (κ2) is 5.91. The lowest BCUT2D eigenvalue weighted by Gasteiger charge is -2.03. The number of methoxy groups -OCH3 is 1. The van der Waals surface area contributed by atoms with Crippen LogP contribution in [-0.4, -0.2) is 22.9 Å². The summed E-state index contributed by atoms with van der Waals surface area (Å²) in [6.45, 7) is 0. The Morgan fingerprint density at radius 3 is 2.89 bits per heavy atom. The van der Waals surface area contributed by atoms with E-state index in [9.17, 15) is 4.79 Å². The molecule has 0 saturated heterocycles. The summed E-state index contributed by atoms with van der Waals surface area (Å²) < 4.78 is 5.04. The molecule has 0 aliphatic carbocycles. The van der Waals surface area contributed by atoms with E-state index in [0.29, 0.717) is 24.2 Å². The molecule has 2 aromatic rings. The summed E-state index contributed by atoms with van der Waals surface area (Å²) in [6.07, 6.45) is 7.77. The number of pyridine rings is 2. The average molecular weight is 242 g/mol. The van der Waals surface area contributed by atoms with Gasteiger partial charge in [0.15, 0.2) is 5.78 Å². The number of rotatable bonds is 5. The summed E-state index contributed by atoms with van der Waals surface area (Å²) in [7, 11) is 1.56. The van der Waals surface area contributed by atoms with Crippen LogP contribution in [0.5, 0.6) is 5.75 Å². The molecule has 92 valence electrons. The molecule has 0 aliphatic heterocycles. The van der Waals surface area contributed by atoms with Crippen molar-refractivity contribution in [2.75, 3.05) is 7.11 Å². The predicted octanol–water partition coefficient (Wildman–Crippen LogP) is 2.30. The molecule has 0 fully saturated rings. The predicted molar refractivity (Wildman–Crippen MR) is 67.7 cm³/mol. The second-order valence-electron chi connectivity index (χ2n) is 3.90. The van der Waals surface area contributed by atoms with Gasteiger partial charge in [0, 0.05) is 30.6 Å². The average Bonchev–Trinajstić information content (AvgIpc) is 2.46. The third-order valence-electron chi connectivity index (χ3n) is 2.63. The van der Waals surface area contributed by atoms with Crippen LogP contribution in [0.2, 0.25) is 0 Å². The number of Topliss-reactive ketones (excluding diaryl/α,β-unsaturated/α-hetero) is 1. The quantitative estimate of drug-likeness (QED) is 0.755. The number of carbonyl (C=O) groups excluding carboxylic acids is 1. The molecule has 0 atom stereocenters. The summed E-state index contributed by atoms with van der Waals surface area (Å²) >= 11 is 0. The fraction of sp³-hybridized carbons (Fsp3) is 0.214. The first-order valence-corrected chi connectivity index (χ1v) is 5.71. The molecule has 0 amide bonds. The Hall–Kier alpha value is -2.23. The molecule has 4 heteroatoms. The minimum atomic E-state index is 0.0604. The summed E-state index contributed by atoms with van der Waals surface area (Å²) in [5, 5.41) is 0. The van der Waals surface area contributed by atoms with Crippen LogP contribution in [-0.2, 0) is 6.42 Å². The summed E-state index contributed by atoms with van der Waals surface area (Å²) in [6, 6.07) is 5.54. The lowest BCUT2D eigenvalue weighted by molar-refractivity contribution is 0.0982. The van der Waals surface area contributed by atoms with Gasteiger partial charge in [-0.3, -0.25) is 14.8 Å². The topological polar surface area (TPSA) is 52.1 Å². The molecule has 18 heavy (non-hydrogen) atoms. The molecule has 0 aromatic carbocycles. The normalized spacial score (nSPS) is 10.1. The van der Waals surface area contributed by atoms with Gasteiger partial charge in [0.1, 0.15) is 5.75 Å². The molecule has 0 bridgehead atoms. The van der Waals surface area contributed by atoms with Crippen molar-refractivity contribution in [3.05, 3.63) is 54.1 Å². The molecule has 0 unspecified atom stereocenters. The van der Waals surface area contributed by atoms with E-state index < -0.39 is 0 Å². The van der Waals surface area contributed by atoms with Crippen molar-refractivity contribution in [2.24, 2.45) is 0 Å². The highest BCUT2D eigenvalue weighted by Crippen LogP contribution is 2.13. The zero-order valence-electron chi connectivity index (χ0n) is 10.2. The smallest absolute Gasteiger partial charge is 0.164 e. The van der Waals surface area contributed by atoms with Crippen LogP contribution in [0, 0.1) is 0 Å². The highest BCUT2D eigenvalue weighted by molar-refractivity contribution is 5.96. The largest absolute Gasteiger partial charge is 0.495 e. The van der Waals surface area contributed by atoms with Gasteiger partial charge in [0.2, 0.25) is 0 Å². The standard InChI is InChI=1S/C14H14N2O2/c1-18-13-7-12(9-16-10-13)14(17)5-4-11-3-2-6-15-8-11/h2-3,6-10H,4-5H2,1H3. The first-order chi connectivity index (χ1) is 8.79. The summed E-state index contributed by atoms with van der Waals surface area (Å²) in [5.74, 6) is 0.660. The number of aromatic nitrogens is 2. The minimum absolute atomic E-state index is 0.0604. The maximum absolute atomic E-state index is 12.0. The van der Waals surface area contributed by atoms with Crippen LogP contribution < -0.4 is 4.74 Å². The Balaban J connectivity index is 1.99. The van der Waals surface area contributed by atoms with E-state index in [-0.39, 0.29) is 5.78 Å². The van der Waals surface area contributed by atoms with Crippen LogP contribution in [0.3, 0.4) is 0 Å². The Kier molecular flexibility index (Phi) is 4.02. The van der Waals surface area contributed by atoms with E-state index in [1.165, 1.54) is 0 Å². The van der Waals surface area contributed by atoms with Crippen molar-refractivity contribution in [1.29, 1.82) is 0 Å². The van der Waals surface area contributed by atoms with E-state index in [1.54, 1.807) is 38.0 Å². The van der Waals surface area contributed by atoms with E-state index >= 15 is 0 Å². The Morgan fingerprint density at radius 1 is 1.28 bits per heavy atom. The molecule has 2 rings (SSSR count). The maximum atomic E-state index is 12.0. The van der Waals surface area contributed by atoms with Gasteiger partial charge in [-0.1, -0.05) is 6.07 Å². The highest BCUT2D eigenvalue weighted by atomic mass is 16.5. The van der Waals surface area contributed by atoms with Crippen LogP contribution in [0.15, 0.2) is 43.0 Å². The molecule has 0 spiro atoms. The fourth-order valence-electron chi connectivity index (χ4n) is 1.63. The van der Waals surface area contributed by atoms with Crippen molar-refractivity contribution in [3.8, 4) is 5.75 Å².